The number of benzene rings is 2. The monoisotopic (exact) mass is 554 g/mol. The lowest BCUT2D eigenvalue weighted by molar-refractivity contribution is 0.304. The lowest BCUT2D eigenvalue weighted by Crippen LogP contribution is -2.09. The zero-order valence-electron chi connectivity index (χ0n) is 21.9. The van der Waals surface area contributed by atoms with Crippen LogP contribution in [0.25, 0.3) is 0 Å². The molecule has 0 unspecified atom stereocenters. The Morgan fingerprint density at radius 2 is 1.00 bits per heavy atom. The van der Waals surface area contributed by atoms with E-state index in [9.17, 15) is 21.4 Å². The number of para-hydroxylation sites is 2. The molecular formula is C28H42O7S2. The van der Waals surface area contributed by atoms with Gasteiger partial charge in [0.25, 0.3) is 10.1 Å². The summed E-state index contributed by atoms with van der Waals surface area (Å²) in [5.41, 5.74) is 0. The van der Waals surface area contributed by atoms with Gasteiger partial charge in [-0.2, -0.15) is 16.8 Å². The zero-order valence-corrected chi connectivity index (χ0v) is 23.6. The summed E-state index contributed by atoms with van der Waals surface area (Å²) in [5, 5.41) is 0. The van der Waals surface area contributed by atoms with Crippen LogP contribution in [-0.2, 0) is 24.4 Å². The van der Waals surface area contributed by atoms with Crippen LogP contribution in [-0.4, -0.2) is 28.0 Å². The summed E-state index contributed by atoms with van der Waals surface area (Å²) >= 11 is 0. The molecule has 0 aliphatic heterocycles. The molecule has 0 amide bonds. The standard InChI is InChI=1S/C28H42O7S2/c1-2-3-4-5-6-7-8-9-10-11-12-13-14-19-24-34-37(32,33)28-23-18-16-21-26(28)35-25-20-15-17-22-27(25)36(29,30)31/h15-18,20-23H,2-14,19,24H2,1H3,(H,29,30,31). The van der Waals surface area contributed by atoms with E-state index in [0.29, 0.717) is 6.42 Å². The van der Waals surface area contributed by atoms with Crippen LogP contribution in [0.2, 0.25) is 0 Å². The first-order chi connectivity index (χ1) is 17.8. The highest BCUT2D eigenvalue weighted by atomic mass is 32.2. The van der Waals surface area contributed by atoms with Gasteiger partial charge in [-0.15, -0.1) is 0 Å². The molecule has 2 rings (SSSR count). The van der Waals surface area contributed by atoms with E-state index in [1.165, 1.54) is 107 Å². The van der Waals surface area contributed by atoms with Gasteiger partial charge in [0.2, 0.25) is 0 Å². The molecule has 1 N–H and O–H groups in total. The van der Waals surface area contributed by atoms with E-state index in [1.807, 2.05) is 0 Å². The van der Waals surface area contributed by atoms with Crippen LogP contribution in [0.15, 0.2) is 58.3 Å². The van der Waals surface area contributed by atoms with Crippen LogP contribution in [0.4, 0.5) is 0 Å². The average Bonchev–Trinajstić information content (AvgIpc) is 2.86. The van der Waals surface area contributed by atoms with Crippen molar-refractivity contribution >= 4 is 20.2 Å². The lowest BCUT2D eigenvalue weighted by Gasteiger charge is -2.13. The van der Waals surface area contributed by atoms with Crippen molar-refractivity contribution in [2.24, 2.45) is 0 Å². The molecule has 0 radical (unpaired) electrons. The smallest absolute Gasteiger partial charge is 0.300 e. The van der Waals surface area contributed by atoms with Crippen molar-refractivity contribution in [1.29, 1.82) is 0 Å². The van der Waals surface area contributed by atoms with E-state index in [0.717, 1.165) is 19.3 Å². The van der Waals surface area contributed by atoms with Gasteiger partial charge in [0, 0.05) is 0 Å². The van der Waals surface area contributed by atoms with Crippen molar-refractivity contribution in [3.05, 3.63) is 48.5 Å². The number of ether oxygens (including phenoxy) is 1. The van der Waals surface area contributed by atoms with Gasteiger partial charge in [-0.3, -0.25) is 8.74 Å². The van der Waals surface area contributed by atoms with Crippen LogP contribution in [0.5, 0.6) is 11.5 Å². The van der Waals surface area contributed by atoms with Crippen molar-refractivity contribution in [3.63, 3.8) is 0 Å². The molecule has 208 valence electrons. The Morgan fingerprint density at radius 1 is 0.595 bits per heavy atom. The molecule has 2 aromatic rings. The van der Waals surface area contributed by atoms with Crippen LogP contribution < -0.4 is 4.74 Å². The van der Waals surface area contributed by atoms with Crippen molar-refractivity contribution in [2.75, 3.05) is 6.61 Å². The van der Waals surface area contributed by atoms with E-state index >= 15 is 0 Å². The molecule has 9 heteroatoms. The maximum absolute atomic E-state index is 12.8. The Morgan fingerprint density at radius 3 is 1.49 bits per heavy atom. The summed E-state index contributed by atoms with van der Waals surface area (Å²) in [7, 11) is -8.66. The Kier molecular flexibility index (Phi) is 14.2. The highest BCUT2D eigenvalue weighted by molar-refractivity contribution is 7.87. The number of hydrogen-bond donors (Lipinski definition) is 1. The molecule has 0 saturated carbocycles. The highest BCUT2D eigenvalue weighted by Gasteiger charge is 2.23. The summed E-state index contributed by atoms with van der Waals surface area (Å²) in [6.07, 6.45) is 16.9. The highest BCUT2D eigenvalue weighted by Crippen LogP contribution is 2.33. The van der Waals surface area contributed by atoms with Crippen molar-refractivity contribution in [1.82, 2.24) is 0 Å². The number of hydrogen-bond acceptors (Lipinski definition) is 6. The van der Waals surface area contributed by atoms with Gasteiger partial charge >= 0.3 is 10.1 Å². The minimum atomic E-state index is -4.55. The second-order valence-electron chi connectivity index (χ2n) is 9.34. The van der Waals surface area contributed by atoms with Crippen molar-refractivity contribution in [3.8, 4) is 11.5 Å². The minimum absolute atomic E-state index is 0.0658. The van der Waals surface area contributed by atoms with E-state index in [4.69, 9.17) is 8.92 Å². The molecule has 0 aliphatic carbocycles. The predicted octanol–water partition coefficient (Wildman–Crippen LogP) is 7.91. The molecule has 0 saturated heterocycles. The summed E-state index contributed by atoms with van der Waals surface area (Å²) < 4.78 is 69.1. The fourth-order valence-electron chi connectivity index (χ4n) is 4.14. The van der Waals surface area contributed by atoms with Crippen molar-refractivity contribution in [2.45, 2.75) is 107 Å². The molecular weight excluding hydrogens is 512 g/mol. The lowest BCUT2D eigenvalue weighted by atomic mass is 10.0. The number of unbranched alkanes of at least 4 members (excludes halogenated alkanes) is 13. The molecule has 0 spiro atoms. The van der Waals surface area contributed by atoms with Gasteiger partial charge in [-0.05, 0) is 30.7 Å². The van der Waals surface area contributed by atoms with Crippen LogP contribution in [0, 0.1) is 0 Å². The molecule has 0 aliphatic rings. The van der Waals surface area contributed by atoms with Crippen LogP contribution >= 0.6 is 0 Å². The van der Waals surface area contributed by atoms with Gasteiger partial charge < -0.3 is 4.74 Å². The first kappa shape index (κ1) is 31.3. The summed E-state index contributed by atoms with van der Waals surface area (Å²) in [6, 6.07) is 11.3. The van der Waals surface area contributed by atoms with E-state index < -0.39 is 25.1 Å². The van der Waals surface area contributed by atoms with Gasteiger partial charge in [-0.25, -0.2) is 0 Å². The Hall–Kier alpha value is -1.94. The number of rotatable bonds is 20. The van der Waals surface area contributed by atoms with Crippen LogP contribution in [0.1, 0.15) is 96.8 Å². The largest absolute Gasteiger partial charge is 0.454 e. The zero-order chi connectivity index (χ0) is 27.0. The molecule has 0 aromatic heterocycles. The van der Waals surface area contributed by atoms with Gasteiger partial charge in [0.15, 0.2) is 0 Å². The molecule has 2 aromatic carbocycles. The molecule has 37 heavy (non-hydrogen) atoms. The fourth-order valence-corrected chi connectivity index (χ4v) is 5.82. The quantitative estimate of drug-likeness (QED) is 0.101. The third-order valence-electron chi connectivity index (χ3n) is 6.20. The predicted molar refractivity (Wildman–Crippen MR) is 146 cm³/mol. The van der Waals surface area contributed by atoms with E-state index in [-0.39, 0.29) is 23.0 Å². The fraction of sp³-hybridized carbons (Fsp3) is 0.571. The summed E-state index contributed by atoms with van der Waals surface area (Å²) in [5.74, 6) is -0.265. The van der Waals surface area contributed by atoms with Gasteiger partial charge in [0.05, 0.1) is 6.61 Å². The average molecular weight is 555 g/mol. The third-order valence-corrected chi connectivity index (χ3v) is 8.45. The van der Waals surface area contributed by atoms with E-state index in [1.54, 1.807) is 6.07 Å². The van der Waals surface area contributed by atoms with Crippen LogP contribution in [0.3, 0.4) is 0 Å². The Balaban J connectivity index is 1.71. The normalized spacial score (nSPS) is 12.1. The molecule has 0 atom stereocenters. The minimum Gasteiger partial charge on any atom is -0.454 e. The van der Waals surface area contributed by atoms with Gasteiger partial charge in [0.1, 0.15) is 21.3 Å². The third kappa shape index (κ3) is 12.0. The SMILES string of the molecule is CCCCCCCCCCCCCCCCOS(=O)(=O)c1ccccc1Oc1ccccc1S(=O)(=O)O. The second-order valence-corrected chi connectivity index (χ2v) is 12.3. The summed E-state index contributed by atoms with van der Waals surface area (Å²) in [6.45, 7) is 2.31. The van der Waals surface area contributed by atoms with Gasteiger partial charge in [-0.1, -0.05) is 115 Å². The molecule has 7 nitrogen and oxygen atoms in total. The Labute approximate surface area is 223 Å². The maximum atomic E-state index is 12.8. The first-order valence-electron chi connectivity index (χ1n) is 13.5. The summed E-state index contributed by atoms with van der Waals surface area (Å²) in [4.78, 5) is -0.656. The topological polar surface area (TPSA) is 107 Å². The second kappa shape index (κ2) is 16.8. The maximum Gasteiger partial charge on any atom is 0.300 e. The molecule has 0 heterocycles. The first-order valence-corrected chi connectivity index (χ1v) is 16.3. The molecule has 0 bridgehead atoms. The van der Waals surface area contributed by atoms with Crippen molar-refractivity contribution < 1.29 is 30.3 Å². The molecule has 0 fully saturated rings. The Bertz CT molecular complexity index is 1130. The van der Waals surface area contributed by atoms with E-state index in [2.05, 4.69) is 6.92 Å².